The molecule has 3 aliphatic rings. The van der Waals surface area contributed by atoms with Gasteiger partial charge < -0.3 is 9.84 Å². The second-order valence-electron chi connectivity index (χ2n) is 12.9. The van der Waals surface area contributed by atoms with Crippen LogP contribution in [0.1, 0.15) is 98.5 Å². The van der Waals surface area contributed by atoms with Crippen molar-refractivity contribution in [2.75, 3.05) is 0 Å². The SMILES string of the molecule is CC1=CCC2C(C)(C)CCCC2(C)C1CC(O)C(C)CCCC1(C)[C-]=Cc2ccccc2O1.O=S(=O)(O)O.[Na+]. The number of ether oxygens (including phenoxy) is 1. The second-order valence-corrected chi connectivity index (χ2v) is 13.8. The first-order chi connectivity index (χ1) is 17.5. The predicted octanol–water partition coefficient (Wildman–Crippen LogP) is 4.36. The van der Waals surface area contributed by atoms with Crippen LogP contribution in [0.4, 0.5) is 0 Å². The Morgan fingerprint density at radius 1 is 1.13 bits per heavy atom. The van der Waals surface area contributed by atoms with Crippen LogP contribution in [-0.2, 0) is 10.4 Å². The molecule has 39 heavy (non-hydrogen) atoms. The Morgan fingerprint density at radius 3 is 2.44 bits per heavy atom. The number of hydrogen-bond acceptors (Lipinski definition) is 4. The van der Waals surface area contributed by atoms with Gasteiger partial charge >= 0.3 is 40.0 Å². The number of benzene rings is 1. The molecule has 4 rings (SSSR count). The van der Waals surface area contributed by atoms with E-state index in [4.69, 9.17) is 22.3 Å². The van der Waals surface area contributed by atoms with Crippen LogP contribution in [0.25, 0.3) is 6.08 Å². The molecule has 3 N–H and O–H groups in total. The molecule has 6 atom stereocenters. The van der Waals surface area contributed by atoms with E-state index in [-0.39, 0.29) is 41.3 Å². The van der Waals surface area contributed by atoms with E-state index in [9.17, 15) is 5.11 Å². The van der Waals surface area contributed by atoms with Crippen molar-refractivity contribution in [1.82, 2.24) is 0 Å². The molecule has 0 amide bonds. The van der Waals surface area contributed by atoms with Gasteiger partial charge in [0.15, 0.2) is 0 Å². The smallest absolute Gasteiger partial charge is 0.520 e. The van der Waals surface area contributed by atoms with Crippen molar-refractivity contribution >= 4 is 16.5 Å². The van der Waals surface area contributed by atoms with Crippen molar-refractivity contribution in [1.29, 1.82) is 0 Å². The molecule has 1 aromatic carbocycles. The van der Waals surface area contributed by atoms with E-state index in [1.54, 1.807) is 0 Å². The molecular formula is C31H47NaO6S. The van der Waals surface area contributed by atoms with Gasteiger partial charge in [0.1, 0.15) is 0 Å². The van der Waals surface area contributed by atoms with E-state index >= 15 is 0 Å². The van der Waals surface area contributed by atoms with Crippen molar-refractivity contribution in [2.45, 2.75) is 105 Å². The minimum Gasteiger partial charge on any atom is -0.520 e. The van der Waals surface area contributed by atoms with Gasteiger partial charge in [0.2, 0.25) is 0 Å². The van der Waals surface area contributed by atoms with Crippen molar-refractivity contribution in [3.63, 3.8) is 0 Å². The van der Waals surface area contributed by atoms with Gasteiger partial charge in [0, 0.05) is 5.75 Å². The molecule has 1 aromatic rings. The Morgan fingerprint density at radius 2 is 1.77 bits per heavy atom. The monoisotopic (exact) mass is 570 g/mol. The summed E-state index contributed by atoms with van der Waals surface area (Å²) >= 11 is 0. The normalized spacial score (nSPS) is 30.6. The minimum atomic E-state index is -4.67. The Labute approximate surface area is 258 Å². The molecule has 0 radical (unpaired) electrons. The maximum atomic E-state index is 11.3. The number of aliphatic hydroxyl groups is 1. The molecular weight excluding hydrogens is 523 g/mol. The molecule has 1 aliphatic heterocycles. The Kier molecular flexibility index (Phi) is 12.0. The van der Waals surface area contributed by atoms with Crippen LogP contribution in [0.2, 0.25) is 0 Å². The summed E-state index contributed by atoms with van der Waals surface area (Å²) in [5.74, 6) is 2.47. The van der Waals surface area contributed by atoms with Crippen molar-refractivity contribution < 1.29 is 56.9 Å². The number of hydrogen-bond donors (Lipinski definition) is 3. The zero-order chi connectivity index (χ0) is 28.4. The maximum Gasteiger partial charge on any atom is 1.00 e. The third-order valence-electron chi connectivity index (χ3n) is 9.53. The van der Waals surface area contributed by atoms with Gasteiger partial charge in [0.05, 0.1) is 11.7 Å². The summed E-state index contributed by atoms with van der Waals surface area (Å²) in [6, 6.07) is 8.17. The van der Waals surface area contributed by atoms with Crippen LogP contribution < -0.4 is 34.3 Å². The largest absolute Gasteiger partial charge is 1.00 e. The summed E-state index contributed by atoms with van der Waals surface area (Å²) in [6.45, 7) is 14.1. The Hall–Kier alpha value is -0.670. The first kappa shape index (κ1) is 34.5. The average molecular weight is 571 g/mol. The quantitative estimate of drug-likeness (QED) is 0.195. The van der Waals surface area contributed by atoms with Gasteiger partial charge in [-0.3, -0.25) is 9.11 Å². The molecule has 6 unspecified atom stereocenters. The Balaban J connectivity index is 0.000000816. The zero-order valence-corrected chi connectivity index (χ0v) is 27.7. The van der Waals surface area contributed by atoms with Crippen molar-refractivity contribution in [3.05, 3.63) is 47.6 Å². The molecule has 0 aromatic heterocycles. The molecule has 1 saturated carbocycles. The van der Waals surface area contributed by atoms with E-state index in [0.29, 0.717) is 22.7 Å². The van der Waals surface area contributed by atoms with Gasteiger partial charge in [-0.1, -0.05) is 64.3 Å². The molecule has 1 fully saturated rings. The summed E-state index contributed by atoms with van der Waals surface area (Å²) < 4.78 is 37.9. The van der Waals surface area contributed by atoms with Crippen LogP contribution in [0, 0.1) is 34.7 Å². The molecule has 2 aliphatic carbocycles. The van der Waals surface area contributed by atoms with Crippen LogP contribution >= 0.6 is 0 Å². The third kappa shape index (κ3) is 9.16. The molecule has 214 valence electrons. The number of fused-ring (bicyclic) bond motifs is 2. The number of aliphatic hydroxyl groups excluding tert-OH is 1. The predicted molar refractivity (Wildman–Crippen MR) is 152 cm³/mol. The summed E-state index contributed by atoms with van der Waals surface area (Å²) in [4.78, 5) is 0. The Bertz CT molecular complexity index is 1120. The molecule has 1 heterocycles. The molecule has 0 spiro atoms. The number of para-hydroxylation sites is 1. The van der Waals surface area contributed by atoms with Crippen LogP contribution in [0.5, 0.6) is 5.75 Å². The first-order valence-electron chi connectivity index (χ1n) is 14.0. The van der Waals surface area contributed by atoms with E-state index in [1.807, 2.05) is 18.2 Å². The van der Waals surface area contributed by atoms with Crippen LogP contribution in [0.15, 0.2) is 35.9 Å². The van der Waals surface area contributed by atoms with Crippen LogP contribution in [0.3, 0.4) is 0 Å². The zero-order valence-electron chi connectivity index (χ0n) is 24.9. The van der Waals surface area contributed by atoms with Gasteiger partial charge in [-0.25, -0.2) is 12.2 Å². The fourth-order valence-corrected chi connectivity index (χ4v) is 7.34. The molecule has 0 bridgehead atoms. The van der Waals surface area contributed by atoms with Crippen LogP contribution in [-0.4, -0.2) is 34.3 Å². The van der Waals surface area contributed by atoms with Gasteiger partial charge in [-0.15, -0.1) is 11.6 Å². The average Bonchev–Trinajstić information content (AvgIpc) is 2.79. The fraction of sp³-hybridized carbons (Fsp3) is 0.677. The molecule has 0 saturated heterocycles. The summed E-state index contributed by atoms with van der Waals surface area (Å²) in [5, 5.41) is 11.3. The standard InChI is InChI=1S/C31H45O2.Na.H2O4S/c1-22-14-15-28-29(3,4)17-10-19-31(28,6)25(22)21-26(32)23(2)11-9-18-30(5)20-16-24-12-7-8-13-27(24)33-30;;1-5(2,3)4/h7-8,12-14,16,23,25-26,28,32H,9-11,15,17-19,21H2,1-6H3;;(H2,1,2,3,4)/q-1;+1;. The van der Waals surface area contributed by atoms with Crippen molar-refractivity contribution in [3.8, 4) is 5.75 Å². The van der Waals surface area contributed by atoms with Gasteiger partial charge in [-0.2, -0.15) is 8.42 Å². The first-order valence-corrected chi connectivity index (χ1v) is 15.4. The van der Waals surface area contributed by atoms with E-state index in [0.717, 1.165) is 42.9 Å². The summed E-state index contributed by atoms with van der Waals surface area (Å²) in [7, 11) is -4.67. The second kappa shape index (κ2) is 13.5. The maximum absolute atomic E-state index is 11.3. The third-order valence-corrected chi connectivity index (χ3v) is 9.53. The van der Waals surface area contributed by atoms with E-state index in [1.165, 1.54) is 31.3 Å². The summed E-state index contributed by atoms with van der Waals surface area (Å²) in [6.07, 6.45) is 16.8. The minimum absolute atomic E-state index is 0. The number of allylic oxidation sites excluding steroid dienone is 2. The van der Waals surface area contributed by atoms with E-state index < -0.39 is 10.4 Å². The summed E-state index contributed by atoms with van der Waals surface area (Å²) in [5.41, 5.74) is 2.96. The van der Waals surface area contributed by atoms with Gasteiger partial charge in [-0.05, 0) is 87.0 Å². The number of rotatable bonds is 7. The fourth-order valence-electron chi connectivity index (χ4n) is 7.34. The molecule has 6 nitrogen and oxygen atoms in total. The molecule has 8 heteroatoms. The van der Waals surface area contributed by atoms with E-state index in [2.05, 4.69) is 65.8 Å². The van der Waals surface area contributed by atoms with Gasteiger partial charge in [0.25, 0.3) is 0 Å². The van der Waals surface area contributed by atoms with Crippen molar-refractivity contribution in [2.24, 2.45) is 28.6 Å². The topological polar surface area (TPSA) is 104 Å².